The molecule has 1 aromatic carbocycles. The van der Waals surface area contributed by atoms with Crippen molar-refractivity contribution in [2.24, 2.45) is 5.92 Å². The second-order valence-electron chi connectivity index (χ2n) is 6.00. The molecule has 0 saturated carbocycles. The summed E-state index contributed by atoms with van der Waals surface area (Å²) < 4.78 is 28.2. The fourth-order valence-corrected chi connectivity index (χ4v) is 5.41. The van der Waals surface area contributed by atoms with E-state index < -0.39 is 10.0 Å². The quantitative estimate of drug-likeness (QED) is 0.545. The zero-order chi connectivity index (χ0) is 15.6. The van der Waals surface area contributed by atoms with Gasteiger partial charge in [0.1, 0.15) is 0 Å². The van der Waals surface area contributed by atoms with Crippen LogP contribution >= 0.6 is 22.6 Å². The number of rotatable bonds is 4. The van der Waals surface area contributed by atoms with Gasteiger partial charge in [-0.2, -0.15) is 4.31 Å². The summed E-state index contributed by atoms with van der Waals surface area (Å²) in [5.74, 6) is 0.391. The van der Waals surface area contributed by atoms with Gasteiger partial charge in [-0.15, -0.1) is 0 Å². The van der Waals surface area contributed by atoms with Crippen molar-refractivity contribution in [3.8, 4) is 0 Å². The van der Waals surface area contributed by atoms with Crippen LogP contribution in [0.2, 0.25) is 0 Å². The third kappa shape index (κ3) is 3.79. The zero-order valence-electron chi connectivity index (χ0n) is 12.9. The predicted molar refractivity (Wildman–Crippen MR) is 95.4 cm³/mol. The number of alkyl halides is 1. The van der Waals surface area contributed by atoms with E-state index in [1.807, 2.05) is 19.1 Å². The third-order valence-electron chi connectivity index (χ3n) is 4.46. The highest BCUT2D eigenvalue weighted by atomic mass is 127. The van der Waals surface area contributed by atoms with Gasteiger partial charge in [-0.1, -0.05) is 60.6 Å². The lowest BCUT2D eigenvalue weighted by Gasteiger charge is -2.40. The van der Waals surface area contributed by atoms with Gasteiger partial charge in [0.05, 0.1) is 4.90 Å². The minimum absolute atomic E-state index is 0.122. The van der Waals surface area contributed by atoms with Crippen molar-refractivity contribution in [1.29, 1.82) is 0 Å². The first-order valence-electron chi connectivity index (χ1n) is 7.58. The van der Waals surface area contributed by atoms with Crippen molar-refractivity contribution < 1.29 is 8.42 Å². The number of aryl methyl sites for hydroxylation is 1. The normalized spacial score (nSPS) is 25.7. The highest BCUT2D eigenvalue weighted by Crippen LogP contribution is 2.33. The lowest BCUT2D eigenvalue weighted by Crippen LogP contribution is -2.49. The third-order valence-corrected chi connectivity index (χ3v) is 7.53. The van der Waals surface area contributed by atoms with E-state index in [-0.39, 0.29) is 6.04 Å². The van der Waals surface area contributed by atoms with Gasteiger partial charge < -0.3 is 0 Å². The molecule has 3 atom stereocenters. The summed E-state index contributed by atoms with van der Waals surface area (Å²) in [5, 5.41) is 0. The molecule has 0 aliphatic carbocycles. The lowest BCUT2D eigenvalue weighted by atomic mass is 9.92. The molecule has 0 amide bonds. The van der Waals surface area contributed by atoms with Crippen molar-refractivity contribution in [2.75, 3.05) is 6.54 Å². The molecule has 2 rings (SSSR count). The van der Waals surface area contributed by atoms with Crippen molar-refractivity contribution >= 4 is 32.6 Å². The van der Waals surface area contributed by atoms with Crippen LogP contribution in [0.15, 0.2) is 29.2 Å². The fraction of sp³-hybridized carbons (Fsp3) is 0.625. The molecule has 3 nitrogen and oxygen atoms in total. The molecule has 2 unspecified atom stereocenters. The van der Waals surface area contributed by atoms with E-state index in [4.69, 9.17) is 0 Å². The number of nitrogens with zero attached hydrogens (tertiary/aromatic N) is 1. The van der Waals surface area contributed by atoms with E-state index in [0.717, 1.165) is 24.8 Å². The zero-order valence-corrected chi connectivity index (χ0v) is 15.9. The van der Waals surface area contributed by atoms with E-state index in [0.29, 0.717) is 21.3 Å². The molecule has 5 heteroatoms. The Morgan fingerprint density at radius 1 is 1.33 bits per heavy atom. The Morgan fingerprint density at radius 2 is 1.95 bits per heavy atom. The second kappa shape index (κ2) is 6.96. The Morgan fingerprint density at radius 3 is 2.52 bits per heavy atom. The van der Waals surface area contributed by atoms with Gasteiger partial charge in [-0.25, -0.2) is 8.42 Å². The number of hydrogen-bond acceptors (Lipinski definition) is 2. The van der Waals surface area contributed by atoms with Crippen molar-refractivity contribution in [2.45, 2.75) is 54.9 Å². The molecular weight excluding hydrogens is 397 g/mol. The van der Waals surface area contributed by atoms with Gasteiger partial charge in [0.2, 0.25) is 10.0 Å². The van der Waals surface area contributed by atoms with Crippen LogP contribution in [0.25, 0.3) is 0 Å². The van der Waals surface area contributed by atoms with Gasteiger partial charge >= 0.3 is 0 Å². The molecular formula is C16H24INO2S. The average molecular weight is 421 g/mol. The topological polar surface area (TPSA) is 37.4 Å². The number of halogens is 1. The maximum Gasteiger partial charge on any atom is 0.243 e. The molecule has 0 aromatic heterocycles. The maximum absolute atomic E-state index is 13.0. The van der Waals surface area contributed by atoms with Gasteiger partial charge in [0.15, 0.2) is 0 Å². The van der Waals surface area contributed by atoms with E-state index >= 15 is 0 Å². The SMILES string of the molecule is CCC(C)C1C[C@H](I)CCN1S(=O)(=O)c1ccc(C)cc1. The Labute approximate surface area is 142 Å². The lowest BCUT2D eigenvalue weighted by molar-refractivity contribution is 0.197. The molecule has 0 bridgehead atoms. The first kappa shape index (κ1) is 17.2. The molecule has 1 aliphatic heterocycles. The number of piperidine rings is 1. The average Bonchev–Trinajstić information content (AvgIpc) is 2.46. The molecule has 0 radical (unpaired) electrons. The smallest absolute Gasteiger partial charge is 0.207 e. The maximum atomic E-state index is 13.0. The van der Waals surface area contributed by atoms with Crippen molar-refractivity contribution in [3.63, 3.8) is 0 Å². The number of hydrogen-bond donors (Lipinski definition) is 0. The van der Waals surface area contributed by atoms with E-state index in [2.05, 4.69) is 36.4 Å². The summed E-state index contributed by atoms with van der Waals surface area (Å²) in [6.45, 7) is 6.91. The van der Waals surface area contributed by atoms with Crippen LogP contribution in [0.3, 0.4) is 0 Å². The van der Waals surface area contributed by atoms with Crippen LogP contribution in [-0.4, -0.2) is 29.2 Å². The van der Waals surface area contributed by atoms with Gasteiger partial charge in [0, 0.05) is 16.5 Å². The number of sulfonamides is 1. The predicted octanol–water partition coefficient (Wildman–Crippen LogP) is 4.00. The molecule has 1 aliphatic rings. The molecule has 0 N–H and O–H groups in total. The molecule has 21 heavy (non-hydrogen) atoms. The van der Waals surface area contributed by atoms with Gasteiger partial charge in [0.25, 0.3) is 0 Å². The Hall–Kier alpha value is -0.140. The largest absolute Gasteiger partial charge is 0.243 e. The highest BCUT2D eigenvalue weighted by Gasteiger charge is 2.38. The second-order valence-corrected chi connectivity index (χ2v) is 9.66. The van der Waals surface area contributed by atoms with E-state index in [1.165, 1.54) is 0 Å². The first-order chi connectivity index (χ1) is 9.86. The minimum atomic E-state index is -3.38. The summed E-state index contributed by atoms with van der Waals surface area (Å²) in [7, 11) is -3.38. The monoisotopic (exact) mass is 421 g/mol. The fourth-order valence-electron chi connectivity index (χ4n) is 2.86. The standard InChI is InChI=1S/C16H24INO2S/c1-4-13(3)16-11-14(17)9-10-18(16)21(19,20)15-7-5-12(2)6-8-15/h5-8,13-14,16H,4,9-11H2,1-3H3/t13?,14-,16?/m1/s1. The van der Waals surface area contributed by atoms with Crippen LogP contribution in [0.4, 0.5) is 0 Å². The van der Waals surface area contributed by atoms with Crippen molar-refractivity contribution in [3.05, 3.63) is 29.8 Å². The Kier molecular flexibility index (Phi) is 5.71. The molecule has 1 fully saturated rings. The summed E-state index contributed by atoms with van der Waals surface area (Å²) in [6.07, 6.45) is 2.91. The molecule has 1 aromatic rings. The van der Waals surface area contributed by atoms with Crippen LogP contribution < -0.4 is 0 Å². The summed E-state index contributed by atoms with van der Waals surface area (Å²) in [4.78, 5) is 0.424. The van der Waals surface area contributed by atoms with E-state index in [9.17, 15) is 8.42 Å². The van der Waals surface area contributed by atoms with Crippen LogP contribution in [0.5, 0.6) is 0 Å². The molecule has 1 saturated heterocycles. The van der Waals surface area contributed by atoms with Crippen LogP contribution in [0.1, 0.15) is 38.7 Å². The first-order valence-corrected chi connectivity index (χ1v) is 10.3. The van der Waals surface area contributed by atoms with E-state index in [1.54, 1.807) is 16.4 Å². The van der Waals surface area contributed by atoms with Gasteiger partial charge in [-0.05, 0) is 37.8 Å². The van der Waals surface area contributed by atoms with Crippen LogP contribution in [-0.2, 0) is 10.0 Å². The number of benzene rings is 1. The summed E-state index contributed by atoms with van der Waals surface area (Å²) in [5.41, 5.74) is 1.08. The Bertz CT molecular complexity index is 570. The van der Waals surface area contributed by atoms with Gasteiger partial charge in [-0.3, -0.25) is 0 Å². The molecule has 1 heterocycles. The summed E-state index contributed by atoms with van der Waals surface area (Å²) in [6, 6.07) is 7.33. The minimum Gasteiger partial charge on any atom is -0.207 e. The van der Waals surface area contributed by atoms with Crippen LogP contribution in [0, 0.1) is 12.8 Å². The molecule has 118 valence electrons. The highest BCUT2D eigenvalue weighted by molar-refractivity contribution is 14.1. The molecule has 0 spiro atoms. The Balaban J connectivity index is 2.34. The van der Waals surface area contributed by atoms with Crippen molar-refractivity contribution in [1.82, 2.24) is 4.31 Å². The summed E-state index contributed by atoms with van der Waals surface area (Å²) >= 11 is 2.46.